The Labute approximate surface area is 112 Å². The van der Waals surface area contributed by atoms with Crippen LogP contribution >= 0.6 is 11.8 Å². The van der Waals surface area contributed by atoms with Crippen LogP contribution in [0.1, 0.15) is 6.92 Å². The van der Waals surface area contributed by atoms with Crippen molar-refractivity contribution >= 4 is 23.4 Å². The van der Waals surface area contributed by atoms with E-state index in [9.17, 15) is 4.79 Å². The van der Waals surface area contributed by atoms with Gasteiger partial charge in [-0.25, -0.2) is 0 Å². The van der Waals surface area contributed by atoms with Gasteiger partial charge in [0.25, 0.3) is 5.91 Å². The molecule has 0 aromatic heterocycles. The average molecular weight is 268 g/mol. The van der Waals surface area contributed by atoms with Gasteiger partial charge in [0.1, 0.15) is 5.75 Å². The fraction of sp³-hybridized carbons (Fsp3) is 0.462. The second-order valence-corrected chi connectivity index (χ2v) is 5.10. The highest BCUT2D eigenvalue weighted by molar-refractivity contribution is 7.98. The van der Waals surface area contributed by atoms with E-state index in [-0.39, 0.29) is 12.5 Å². The zero-order valence-corrected chi connectivity index (χ0v) is 11.6. The molecular formula is C13H20N2O2S. The number of amides is 1. The number of rotatable bonds is 7. The van der Waals surface area contributed by atoms with Crippen molar-refractivity contribution in [2.45, 2.75) is 6.92 Å². The van der Waals surface area contributed by atoms with Crippen LogP contribution in [0, 0.1) is 5.92 Å². The van der Waals surface area contributed by atoms with Crippen LogP contribution in [0.5, 0.6) is 5.75 Å². The van der Waals surface area contributed by atoms with Crippen molar-refractivity contribution in [3.8, 4) is 5.75 Å². The topological polar surface area (TPSA) is 64.3 Å². The minimum atomic E-state index is -0.119. The standard InChI is InChI=1S/C13H20N2O2S/c1-10(9-18-2)7-15-13(16)8-17-12-6-4-3-5-11(12)14/h3-6,10H,7-9,14H2,1-2H3,(H,15,16). The van der Waals surface area contributed by atoms with Crippen LogP contribution in [-0.4, -0.2) is 31.1 Å². The Balaban J connectivity index is 2.27. The molecule has 18 heavy (non-hydrogen) atoms. The third kappa shape index (κ3) is 5.31. The van der Waals surface area contributed by atoms with Gasteiger partial charge in [-0.05, 0) is 30.1 Å². The van der Waals surface area contributed by atoms with Crippen molar-refractivity contribution < 1.29 is 9.53 Å². The van der Waals surface area contributed by atoms with E-state index in [1.54, 1.807) is 23.9 Å². The quantitative estimate of drug-likeness (QED) is 0.740. The number of para-hydroxylation sites is 2. The molecule has 0 aliphatic carbocycles. The van der Waals surface area contributed by atoms with Crippen LogP contribution in [0.2, 0.25) is 0 Å². The maximum atomic E-state index is 11.6. The molecule has 0 radical (unpaired) electrons. The second kappa shape index (κ2) is 7.87. The SMILES string of the molecule is CSCC(C)CNC(=O)COc1ccccc1N. The maximum Gasteiger partial charge on any atom is 0.257 e. The van der Waals surface area contributed by atoms with Gasteiger partial charge in [0, 0.05) is 6.54 Å². The van der Waals surface area contributed by atoms with E-state index in [1.807, 2.05) is 12.1 Å². The van der Waals surface area contributed by atoms with Gasteiger partial charge in [0.05, 0.1) is 5.69 Å². The highest BCUT2D eigenvalue weighted by Gasteiger charge is 2.06. The zero-order chi connectivity index (χ0) is 13.4. The summed E-state index contributed by atoms with van der Waals surface area (Å²) in [6, 6.07) is 7.14. The summed E-state index contributed by atoms with van der Waals surface area (Å²) < 4.78 is 5.35. The summed E-state index contributed by atoms with van der Waals surface area (Å²) in [5, 5.41) is 2.84. The fourth-order valence-electron chi connectivity index (χ4n) is 1.44. The molecule has 0 saturated carbocycles. The summed E-state index contributed by atoms with van der Waals surface area (Å²) in [5.41, 5.74) is 6.25. The first-order valence-electron chi connectivity index (χ1n) is 5.86. The summed E-state index contributed by atoms with van der Waals surface area (Å²) in [4.78, 5) is 11.6. The summed E-state index contributed by atoms with van der Waals surface area (Å²) in [6.45, 7) is 2.78. The lowest BCUT2D eigenvalue weighted by Gasteiger charge is -2.12. The molecule has 0 aliphatic heterocycles. The van der Waals surface area contributed by atoms with Crippen molar-refractivity contribution in [3.63, 3.8) is 0 Å². The Morgan fingerprint density at radius 2 is 2.22 bits per heavy atom. The van der Waals surface area contributed by atoms with Crippen LogP contribution < -0.4 is 15.8 Å². The number of hydrogen-bond donors (Lipinski definition) is 2. The van der Waals surface area contributed by atoms with Crippen molar-refractivity contribution in [3.05, 3.63) is 24.3 Å². The molecule has 0 fully saturated rings. The van der Waals surface area contributed by atoms with Crippen LogP contribution in [0.25, 0.3) is 0 Å². The van der Waals surface area contributed by atoms with E-state index in [4.69, 9.17) is 10.5 Å². The van der Waals surface area contributed by atoms with Gasteiger partial charge < -0.3 is 15.8 Å². The minimum absolute atomic E-state index is 0.000200. The summed E-state index contributed by atoms with van der Waals surface area (Å²) >= 11 is 1.77. The molecule has 0 spiro atoms. The molecule has 5 heteroatoms. The molecule has 3 N–H and O–H groups in total. The predicted molar refractivity (Wildman–Crippen MR) is 76.9 cm³/mol. The maximum absolute atomic E-state index is 11.6. The number of carbonyl (C=O) groups is 1. The molecule has 4 nitrogen and oxygen atoms in total. The lowest BCUT2D eigenvalue weighted by molar-refractivity contribution is -0.123. The third-order valence-electron chi connectivity index (χ3n) is 2.38. The lowest BCUT2D eigenvalue weighted by Crippen LogP contribution is -2.33. The predicted octanol–water partition coefficient (Wildman–Crippen LogP) is 1.76. The molecule has 1 atom stereocenters. The Morgan fingerprint density at radius 1 is 1.50 bits per heavy atom. The van der Waals surface area contributed by atoms with Gasteiger partial charge in [-0.3, -0.25) is 4.79 Å². The Bertz CT molecular complexity index is 385. The number of benzene rings is 1. The molecule has 0 saturated heterocycles. The number of anilines is 1. The van der Waals surface area contributed by atoms with Crippen LogP contribution in [0.15, 0.2) is 24.3 Å². The zero-order valence-electron chi connectivity index (χ0n) is 10.8. The highest BCUT2D eigenvalue weighted by Crippen LogP contribution is 2.19. The monoisotopic (exact) mass is 268 g/mol. The molecule has 100 valence electrons. The first kappa shape index (κ1) is 14.7. The van der Waals surface area contributed by atoms with Crippen molar-refractivity contribution in [1.29, 1.82) is 0 Å². The largest absolute Gasteiger partial charge is 0.482 e. The van der Waals surface area contributed by atoms with E-state index in [0.717, 1.165) is 5.75 Å². The van der Waals surface area contributed by atoms with Crippen LogP contribution in [0.4, 0.5) is 5.69 Å². The van der Waals surface area contributed by atoms with Gasteiger partial charge in [0.2, 0.25) is 0 Å². The van der Waals surface area contributed by atoms with E-state index < -0.39 is 0 Å². The van der Waals surface area contributed by atoms with Gasteiger partial charge in [-0.2, -0.15) is 11.8 Å². The number of nitrogens with one attached hydrogen (secondary N) is 1. The molecule has 0 heterocycles. The van der Waals surface area contributed by atoms with E-state index >= 15 is 0 Å². The molecule has 1 amide bonds. The normalized spacial score (nSPS) is 11.9. The number of nitrogen functional groups attached to an aromatic ring is 1. The van der Waals surface area contributed by atoms with E-state index in [1.165, 1.54) is 0 Å². The molecule has 0 aliphatic rings. The van der Waals surface area contributed by atoms with Crippen molar-refractivity contribution in [2.24, 2.45) is 5.92 Å². The van der Waals surface area contributed by atoms with Gasteiger partial charge >= 0.3 is 0 Å². The highest BCUT2D eigenvalue weighted by atomic mass is 32.2. The number of thioether (sulfide) groups is 1. The molecule has 1 aromatic rings. The molecule has 0 bridgehead atoms. The van der Waals surface area contributed by atoms with Crippen LogP contribution in [-0.2, 0) is 4.79 Å². The van der Waals surface area contributed by atoms with Gasteiger partial charge in [0.15, 0.2) is 6.61 Å². The second-order valence-electron chi connectivity index (χ2n) is 4.19. The number of carbonyl (C=O) groups excluding carboxylic acids is 1. The Kier molecular flexibility index (Phi) is 6.43. The van der Waals surface area contributed by atoms with Crippen molar-refractivity contribution in [2.75, 3.05) is 30.9 Å². The molecule has 1 unspecified atom stereocenters. The average Bonchev–Trinajstić information content (AvgIpc) is 2.36. The Morgan fingerprint density at radius 3 is 2.89 bits per heavy atom. The number of ether oxygens (including phenoxy) is 1. The molecule has 1 aromatic carbocycles. The van der Waals surface area contributed by atoms with Gasteiger partial charge in [-0.15, -0.1) is 0 Å². The number of hydrogen-bond acceptors (Lipinski definition) is 4. The van der Waals surface area contributed by atoms with Gasteiger partial charge in [-0.1, -0.05) is 19.1 Å². The molecule has 1 rings (SSSR count). The third-order valence-corrected chi connectivity index (χ3v) is 3.28. The summed E-state index contributed by atoms with van der Waals surface area (Å²) in [7, 11) is 0. The lowest BCUT2D eigenvalue weighted by atomic mass is 10.2. The number of nitrogens with two attached hydrogens (primary N) is 1. The van der Waals surface area contributed by atoms with Crippen molar-refractivity contribution in [1.82, 2.24) is 5.32 Å². The molecular weight excluding hydrogens is 248 g/mol. The summed E-state index contributed by atoms with van der Waals surface area (Å²) in [5.74, 6) is 1.93. The smallest absolute Gasteiger partial charge is 0.257 e. The summed E-state index contributed by atoms with van der Waals surface area (Å²) in [6.07, 6.45) is 2.06. The first-order chi connectivity index (χ1) is 8.63. The van der Waals surface area contributed by atoms with E-state index in [2.05, 4.69) is 18.5 Å². The first-order valence-corrected chi connectivity index (χ1v) is 7.25. The minimum Gasteiger partial charge on any atom is -0.482 e. The van der Waals surface area contributed by atoms with E-state index in [0.29, 0.717) is 23.9 Å². The fourth-order valence-corrected chi connectivity index (χ4v) is 2.12. The van der Waals surface area contributed by atoms with Crippen LogP contribution in [0.3, 0.4) is 0 Å². The Hall–Kier alpha value is -1.36.